The fraction of sp³-hybridized carbons (Fsp3) is 0.400. The molecular weight excluding hydrogens is 410 g/mol. The van der Waals surface area contributed by atoms with Crippen molar-refractivity contribution < 1.29 is 17.9 Å². The molecule has 13 heteroatoms. The number of hydrogen-bond donors (Lipinski definition) is 1. The number of aromatic nitrogens is 6. The average Bonchev–Trinajstić information content (AvgIpc) is 3.23. The molecule has 0 atom stereocenters. The molecule has 11 nitrogen and oxygen atoms in total. The van der Waals surface area contributed by atoms with E-state index < -0.39 is 26.1 Å². The average molecular weight is 428 g/mol. The molecule has 28 heavy (non-hydrogen) atoms. The summed E-state index contributed by atoms with van der Waals surface area (Å²) in [4.78, 5) is 20.1. The Kier molecular flexibility index (Phi) is 5.52. The molecule has 0 aromatic carbocycles. The molecule has 0 aliphatic rings. The lowest BCUT2D eigenvalue weighted by Gasteiger charge is -2.04. The quantitative estimate of drug-likeness (QED) is 0.623. The summed E-state index contributed by atoms with van der Waals surface area (Å²) in [5.41, 5.74) is 0.214. The molecule has 0 spiro atoms. The van der Waals surface area contributed by atoms with Crippen LogP contribution in [-0.2, 0) is 16.3 Å². The van der Waals surface area contributed by atoms with Crippen molar-refractivity contribution in [1.29, 1.82) is 0 Å². The molecule has 150 valence electrons. The molecule has 0 radical (unpaired) electrons. The third kappa shape index (κ3) is 3.40. The van der Waals surface area contributed by atoms with E-state index in [0.717, 1.165) is 9.20 Å². The van der Waals surface area contributed by atoms with Gasteiger partial charge in [-0.1, -0.05) is 18.5 Å². The third-order valence-electron chi connectivity index (χ3n) is 3.65. The van der Waals surface area contributed by atoms with Gasteiger partial charge in [0.15, 0.2) is 10.8 Å². The molecule has 3 heterocycles. The Morgan fingerprint density at radius 2 is 1.96 bits per heavy atom. The van der Waals surface area contributed by atoms with Crippen molar-refractivity contribution in [3.8, 4) is 5.88 Å². The van der Waals surface area contributed by atoms with Gasteiger partial charge in [0.25, 0.3) is 15.0 Å². The van der Waals surface area contributed by atoms with Crippen LogP contribution in [0.5, 0.6) is 5.88 Å². The summed E-state index contributed by atoms with van der Waals surface area (Å²) in [5, 5.41) is 9.30. The Morgan fingerprint density at radius 1 is 1.21 bits per heavy atom. The summed E-state index contributed by atoms with van der Waals surface area (Å²) in [5.74, 6) is 0.396. The van der Waals surface area contributed by atoms with Gasteiger partial charge in [0.05, 0.1) is 6.61 Å². The SMILES string of the molecule is CCNC(=O)n1nc(S(=O)(=O)c2c(Cl)nc3ccc(OCC)nn23)nc1CC. The molecule has 0 unspecified atom stereocenters. The van der Waals surface area contributed by atoms with E-state index in [9.17, 15) is 13.2 Å². The number of aryl methyl sites for hydroxylation is 1. The lowest BCUT2D eigenvalue weighted by molar-refractivity contribution is 0.239. The van der Waals surface area contributed by atoms with Gasteiger partial charge in [-0.2, -0.15) is 9.20 Å². The van der Waals surface area contributed by atoms with Crippen molar-refractivity contribution in [1.82, 2.24) is 34.7 Å². The highest BCUT2D eigenvalue weighted by Crippen LogP contribution is 2.27. The molecule has 0 aliphatic heterocycles. The molecule has 3 aromatic rings. The predicted molar refractivity (Wildman–Crippen MR) is 98.5 cm³/mol. The second kappa shape index (κ2) is 7.72. The molecule has 1 amide bonds. The Morgan fingerprint density at radius 3 is 2.61 bits per heavy atom. The van der Waals surface area contributed by atoms with Crippen LogP contribution < -0.4 is 10.1 Å². The molecule has 0 bridgehead atoms. The van der Waals surface area contributed by atoms with Gasteiger partial charge >= 0.3 is 6.03 Å². The van der Waals surface area contributed by atoms with Gasteiger partial charge < -0.3 is 10.1 Å². The van der Waals surface area contributed by atoms with Crippen LogP contribution in [0.15, 0.2) is 22.3 Å². The van der Waals surface area contributed by atoms with Gasteiger partial charge in [-0.25, -0.2) is 23.2 Å². The molecule has 3 aromatic heterocycles. The van der Waals surface area contributed by atoms with E-state index >= 15 is 0 Å². The monoisotopic (exact) mass is 427 g/mol. The number of carbonyl (C=O) groups excluding carboxylic acids is 1. The van der Waals surface area contributed by atoms with E-state index in [1.165, 1.54) is 6.07 Å². The van der Waals surface area contributed by atoms with E-state index in [-0.39, 0.29) is 22.5 Å². The smallest absolute Gasteiger partial charge is 0.343 e. The topological polar surface area (TPSA) is 133 Å². The molecule has 0 saturated heterocycles. The minimum absolute atomic E-state index is 0.192. The van der Waals surface area contributed by atoms with Crippen molar-refractivity contribution in [2.45, 2.75) is 37.4 Å². The van der Waals surface area contributed by atoms with Crippen LogP contribution in [0.25, 0.3) is 5.65 Å². The number of nitrogens with zero attached hydrogens (tertiary/aromatic N) is 6. The zero-order chi connectivity index (χ0) is 20.5. The number of ether oxygens (including phenoxy) is 1. The normalized spacial score (nSPS) is 11.7. The molecule has 3 rings (SSSR count). The molecule has 0 aliphatic carbocycles. The number of rotatable bonds is 6. The maximum atomic E-state index is 13.2. The van der Waals surface area contributed by atoms with E-state index in [2.05, 4.69) is 25.5 Å². The first-order chi connectivity index (χ1) is 13.3. The third-order valence-corrected chi connectivity index (χ3v) is 5.56. The van der Waals surface area contributed by atoms with Crippen molar-refractivity contribution in [2.75, 3.05) is 13.2 Å². The van der Waals surface area contributed by atoms with Gasteiger partial charge in [-0.3, -0.25) is 0 Å². The number of carbonyl (C=O) groups is 1. The minimum atomic E-state index is -4.32. The van der Waals surface area contributed by atoms with Crippen molar-refractivity contribution >= 4 is 33.1 Å². The van der Waals surface area contributed by atoms with Gasteiger partial charge in [0, 0.05) is 19.0 Å². The van der Waals surface area contributed by atoms with Crippen molar-refractivity contribution in [2.24, 2.45) is 0 Å². The predicted octanol–water partition coefficient (Wildman–Crippen LogP) is 1.35. The number of imidazole rings is 1. The molecular formula is C15H18ClN7O4S. The fourth-order valence-electron chi connectivity index (χ4n) is 2.46. The first-order valence-corrected chi connectivity index (χ1v) is 10.4. The summed E-state index contributed by atoms with van der Waals surface area (Å²) >= 11 is 6.09. The number of halogens is 1. The Labute approximate surface area is 165 Å². The summed E-state index contributed by atoms with van der Waals surface area (Å²) in [7, 11) is -4.32. The summed E-state index contributed by atoms with van der Waals surface area (Å²) in [6.45, 7) is 5.94. The lowest BCUT2D eigenvalue weighted by atomic mass is 10.5. The first-order valence-electron chi connectivity index (χ1n) is 8.50. The molecule has 1 N–H and O–H groups in total. The highest BCUT2D eigenvalue weighted by Gasteiger charge is 2.33. The minimum Gasteiger partial charge on any atom is -0.477 e. The van der Waals surface area contributed by atoms with E-state index in [1.807, 2.05) is 0 Å². The van der Waals surface area contributed by atoms with E-state index in [0.29, 0.717) is 19.6 Å². The maximum Gasteiger partial charge on any atom is 0.343 e. The van der Waals surface area contributed by atoms with Gasteiger partial charge in [0.2, 0.25) is 10.9 Å². The second-order valence-electron chi connectivity index (χ2n) is 5.50. The van der Waals surface area contributed by atoms with Crippen LogP contribution >= 0.6 is 11.6 Å². The molecule has 0 saturated carbocycles. The summed E-state index contributed by atoms with van der Waals surface area (Å²) < 4.78 is 33.6. The molecule has 0 fully saturated rings. The Hall–Kier alpha value is -2.73. The summed E-state index contributed by atoms with van der Waals surface area (Å²) in [6.07, 6.45) is 0.299. The zero-order valence-electron chi connectivity index (χ0n) is 15.4. The van der Waals surface area contributed by atoms with Crippen molar-refractivity contribution in [3.63, 3.8) is 0 Å². The maximum absolute atomic E-state index is 13.2. The number of amides is 1. The van der Waals surface area contributed by atoms with Gasteiger partial charge in [0.1, 0.15) is 5.82 Å². The van der Waals surface area contributed by atoms with Gasteiger partial charge in [-0.15, -0.1) is 10.2 Å². The number of nitrogens with one attached hydrogen (secondary N) is 1. The van der Waals surface area contributed by atoms with E-state index in [4.69, 9.17) is 16.3 Å². The first kappa shape index (κ1) is 20.0. The zero-order valence-corrected chi connectivity index (χ0v) is 17.0. The number of sulfone groups is 1. The van der Waals surface area contributed by atoms with E-state index in [1.54, 1.807) is 26.8 Å². The van der Waals surface area contributed by atoms with Crippen LogP contribution in [0.2, 0.25) is 5.15 Å². The van der Waals surface area contributed by atoms with Crippen LogP contribution in [0.1, 0.15) is 26.6 Å². The van der Waals surface area contributed by atoms with Crippen LogP contribution in [0.3, 0.4) is 0 Å². The standard InChI is InChI=1S/C15H18ClN7O4S/c1-4-9-19-14(21-23(9)15(24)17-5-2)28(25,26)13-12(16)18-10-7-8-11(27-6-3)20-22(10)13/h7-8H,4-6H2,1-3H3,(H,17,24). The Balaban J connectivity index is 2.17. The van der Waals surface area contributed by atoms with Crippen molar-refractivity contribution in [3.05, 3.63) is 23.1 Å². The largest absolute Gasteiger partial charge is 0.477 e. The van der Waals surface area contributed by atoms with Crippen LogP contribution in [-0.4, -0.2) is 57.0 Å². The fourth-order valence-corrected chi connectivity index (χ4v) is 4.15. The lowest BCUT2D eigenvalue weighted by Crippen LogP contribution is -2.30. The van der Waals surface area contributed by atoms with Crippen LogP contribution in [0.4, 0.5) is 4.79 Å². The number of fused-ring (bicyclic) bond motifs is 1. The highest BCUT2D eigenvalue weighted by molar-refractivity contribution is 7.91. The van der Waals surface area contributed by atoms with Crippen LogP contribution in [0, 0.1) is 0 Å². The van der Waals surface area contributed by atoms with Gasteiger partial charge in [-0.05, 0) is 19.9 Å². The second-order valence-corrected chi connectivity index (χ2v) is 7.61. The Bertz CT molecular complexity index is 1140. The summed E-state index contributed by atoms with van der Waals surface area (Å²) in [6, 6.07) is 2.51. The number of hydrogen-bond acceptors (Lipinski definition) is 8. The highest BCUT2D eigenvalue weighted by atomic mass is 35.5.